The van der Waals surface area contributed by atoms with E-state index in [2.05, 4.69) is 21.2 Å². The van der Waals surface area contributed by atoms with Crippen LogP contribution in [0, 0.1) is 0 Å². The van der Waals surface area contributed by atoms with Crippen LogP contribution in [0.25, 0.3) is 0 Å². The summed E-state index contributed by atoms with van der Waals surface area (Å²) in [5.74, 6) is 0.129. The Hall–Kier alpha value is -1.96. The molecule has 0 saturated carbocycles. The van der Waals surface area contributed by atoms with E-state index in [0.717, 1.165) is 57.1 Å². The van der Waals surface area contributed by atoms with Gasteiger partial charge in [0.05, 0.1) is 19.8 Å². The second-order valence-corrected chi connectivity index (χ2v) is 7.11. The van der Waals surface area contributed by atoms with Crippen LogP contribution in [0.15, 0.2) is 24.3 Å². The maximum absolute atomic E-state index is 12.9. The van der Waals surface area contributed by atoms with Gasteiger partial charge in [0.2, 0.25) is 5.91 Å². The molecule has 0 spiro atoms. The summed E-state index contributed by atoms with van der Waals surface area (Å²) in [4.78, 5) is 30.9. The predicted octanol–water partition coefficient (Wildman–Crippen LogP) is 0.413. The molecule has 3 rings (SSSR count). The van der Waals surface area contributed by atoms with Crippen LogP contribution < -0.4 is 5.32 Å². The minimum Gasteiger partial charge on any atom is -0.379 e. The molecule has 0 unspecified atom stereocenters. The molecule has 148 valence electrons. The zero-order chi connectivity index (χ0) is 19.1. The molecule has 2 fully saturated rings. The van der Waals surface area contributed by atoms with Crippen molar-refractivity contribution in [1.82, 2.24) is 20.0 Å². The van der Waals surface area contributed by atoms with Gasteiger partial charge in [-0.1, -0.05) is 12.1 Å². The van der Waals surface area contributed by atoms with Crippen molar-refractivity contribution in [2.24, 2.45) is 0 Å². The summed E-state index contributed by atoms with van der Waals surface area (Å²) in [5, 5.41) is 2.82. The van der Waals surface area contributed by atoms with Gasteiger partial charge in [-0.25, -0.2) is 0 Å². The van der Waals surface area contributed by atoms with E-state index in [4.69, 9.17) is 4.74 Å². The van der Waals surface area contributed by atoms with Gasteiger partial charge in [-0.3, -0.25) is 19.4 Å². The van der Waals surface area contributed by atoms with Gasteiger partial charge in [0.15, 0.2) is 0 Å². The molecule has 2 aliphatic rings. The monoisotopic (exact) mass is 374 g/mol. The Morgan fingerprint density at radius 1 is 1.04 bits per heavy atom. The third kappa shape index (κ3) is 5.76. The lowest BCUT2D eigenvalue weighted by molar-refractivity contribution is -0.122. The number of benzene rings is 1. The first-order chi connectivity index (χ1) is 13.2. The lowest BCUT2D eigenvalue weighted by Crippen LogP contribution is -2.51. The van der Waals surface area contributed by atoms with E-state index in [1.54, 1.807) is 0 Å². The fraction of sp³-hybridized carbons (Fsp3) is 0.600. The molecule has 27 heavy (non-hydrogen) atoms. The third-order valence-corrected chi connectivity index (χ3v) is 5.08. The quantitative estimate of drug-likeness (QED) is 0.782. The fourth-order valence-electron chi connectivity index (χ4n) is 3.57. The normalized spacial score (nSPS) is 19.1. The van der Waals surface area contributed by atoms with E-state index in [0.29, 0.717) is 26.2 Å². The average molecular weight is 374 g/mol. The summed E-state index contributed by atoms with van der Waals surface area (Å²) in [6.45, 7) is 10.0. The van der Waals surface area contributed by atoms with Gasteiger partial charge < -0.3 is 15.0 Å². The average Bonchev–Trinajstić information content (AvgIpc) is 2.69. The number of rotatable bonds is 6. The number of piperazine rings is 1. The molecule has 0 radical (unpaired) electrons. The molecule has 2 saturated heterocycles. The van der Waals surface area contributed by atoms with Crippen LogP contribution in [0.2, 0.25) is 0 Å². The van der Waals surface area contributed by atoms with Crippen molar-refractivity contribution in [3.8, 4) is 0 Å². The molecule has 2 amide bonds. The molecule has 0 atom stereocenters. The Labute approximate surface area is 161 Å². The summed E-state index contributed by atoms with van der Waals surface area (Å²) in [6.07, 6.45) is 0. The van der Waals surface area contributed by atoms with Crippen molar-refractivity contribution >= 4 is 11.8 Å². The number of carbonyl (C=O) groups excluding carboxylic acids is 2. The standard InChI is InChI=1S/C20H30N4O3/c1-2-21-19(25)16-22-6-8-24(9-7-22)20(26)18-5-3-4-17(14-18)15-23-10-12-27-13-11-23/h3-5,14H,2,6-13,15-16H2,1H3,(H,21,25). The molecule has 0 aliphatic carbocycles. The summed E-state index contributed by atoms with van der Waals surface area (Å²) < 4.78 is 5.39. The Kier molecular flexibility index (Phi) is 7.20. The van der Waals surface area contributed by atoms with Gasteiger partial charge in [0.1, 0.15) is 0 Å². The van der Waals surface area contributed by atoms with E-state index in [-0.39, 0.29) is 11.8 Å². The van der Waals surface area contributed by atoms with E-state index in [1.165, 1.54) is 0 Å². The van der Waals surface area contributed by atoms with Crippen molar-refractivity contribution in [3.05, 3.63) is 35.4 Å². The minimum atomic E-state index is 0.0492. The Bertz CT molecular complexity index is 638. The van der Waals surface area contributed by atoms with E-state index in [1.807, 2.05) is 30.0 Å². The van der Waals surface area contributed by atoms with Gasteiger partial charge >= 0.3 is 0 Å². The number of hydrogen-bond donors (Lipinski definition) is 1. The Balaban J connectivity index is 1.52. The highest BCUT2D eigenvalue weighted by Crippen LogP contribution is 2.13. The lowest BCUT2D eigenvalue weighted by atomic mass is 10.1. The van der Waals surface area contributed by atoms with Gasteiger partial charge in [-0.05, 0) is 24.6 Å². The highest BCUT2D eigenvalue weighted by molar-refractivity contribution is 5.94. The number of carbonyl (C=O) groups is 2. The minimum absolute atomic E-state index is 0.0492. The Morgan fingerprint density at radius 2 is 1.78 bits per heavy atom. The topological polar surface area (TPSA) is 65.1 Å². The van der Waals surface area contributed by atoms with Crippen LogP contribution in [0.3, 0.4) is 0 Å². The number of nitrogens with zero attached hydrogens (tertiary/aromatic N) is 3. The second-order valence-electron chi connectivity index (χ2n) is 7.11. The molecule has 0 aromatic heterocycles. The zero-order valence-electron chi connectivity index (χ0n) is 16.2. The van der Waals surface area contributed by atoms with Crippen molar-refractivity contribution in [2.75, 3.05) is 65.6 Å². The van der Waals surface area contributed by atoms with Crippen LogP contribution >= 0.6 is 0 Å². The highest BCUT2D eigenvalue weighted by Gasteiger charge is 2.23. The maximum atomic E-state index is 12.9. The smallest absolute Gasteiger partial charge is 0.253 e. The van der Waals surface area contributed by atoms with Crippen molar-refractivity contribution in [2.45, 2.75) is 13.5 Å². The van der Waals surface area contributed by atoms with E-state index < -0.39 is 0 Å². The van der Waals surface area contributed by atoms with Gasteiger partial charge in [0.25, 0.3) is 5.91 Å². The summed E-state index contributed by atoms with van der Waals surface area (Å²) in [6, 6.07) is 7.95. The van der Waals surface area contributed by atoms with E-state index in [9.17, 15) is 9.59 Å². The summed E-state index contributed by atoms with van der Waals surface area (Å²) in [7, 11) is 0. The molecule has 7 heteroatoms. The number of amides is 2. The summed E-state index contributed by atoms with van der Waals surface area (Å²) in [5.41, 5.74) is 1.91. The van der Waals surface area contributed by atoms with Crippen LogP contribution in [-0.4, -0.2) is 92.1 Å². The van der Waals surface area contributed by atoms with Crippen LogP contribution in [0.4, 0.5) is 0 Å². The van der Waals surface area contributed by atoms with Crippen molar-refractivity contribution < 1.29 is 14.3 Å². The summed E-state index contributed by atoms with van der Waals surface area (Å²) >= 11 is 0. The van der Waals surface area contributed by atoms with Crippen molar-refractivity contribution in [3.63, 3.8) is 0 Å². The first-order valence-corrected chi connectivity index (χ1v) is 9.83. The molecule has 2 heterocycles. The maximum Gasteiger partial charge on any atom is 0.253 e. The first kappa shape index (κ1) is 19.8. The molecule has 2 aliphatic heterocycles. The van der Waals surface area contributed by atoms with Gasteiger partial charge in [-0.15, -0.1) is 0 Å². The molecular weight excluding hydrogens is 344 g/mol. The zero-order valence-corrected chi connectivity index (χ0v) is 16.2. The number of morpholine rings is 1. The molecule has 0 bridgehead atoms. The second kappa shape index (κ2) is 9.82. The fourth-order valence-corrected chi connectivity index (χ4v) is 3.57. The van der Waals surface area contributed by atoms with E-state index >= 15 is 0 Å². The number of hydrogen-bond acceptors (Lipinski definition) is 5. The SMILES string of the molecule is CCNC(=O)CN1CCN(C(=O)c2cccc(CN3CCOCC3)c2)CC1. The molecule has 1 N–H and O–H groups in total. The number of likely N-dealkylation sites (N-methyl/N-ethyl adjacent to an activating group) is 1. The number of ether oxygens (including phenoxy) is 1. The molecule has 7 nitrogen and oxygen atoms in total. The predicted molar refractivity (Wildman–Crippen MR) is 104 cm³/mol. The molecular formula is C20H30N4O3. The van der Waals surface area contributed by atoms with Crippen LogP contribution in [0.5, 0.6) is 0 Å². The number of nitrogens with one attached hydrogen (secondary N) is 1. The largest absolute Gasteiger partial charge is 0.379 e. The Morgan fingerprint density at radius 3 is 2.48 bits per heavy atom. The van der Waals surface area contributed by atoms with Crippen LogP contribution in [0.1, 0.15) is 22.8 Å². The van der Waals surface area contributed by atoms with Gasteiger partial charge in [0, 0.05) is 57.9 Å². The first-order valence-electron chi connectivity index (χ1n) is 9.83. The van der Waals surface area contributed by atoms with Crippen LogP contribution in [-0.2, 0) is 16.1 Å². The third-order valence-electron chi connectivity index (χ3n) is 5.08. The lowest BCUT2D eigenvalue weighted by Gasteiger charge is -2.34. The van der Waals surface area contributed by atoms with Crippen molar-refractivity contribution in [1.29, 1.82) is 0 Å². The molecule has 1 aromatic carbocycles. The molecule has 1 aromatic rings. The highest BCUT2D eigenvalue weighted by atomic mass is 16.5. The van der Waals surface area contributed by atoms with Gasteiger partial charge in [-0.2, -0.15) is 0 Å².